The zero-order valence-corrected chi connectivity index (χ0v) is 11.2. The minimum Gasteiger partial charge on any atom is -0.397 e. The van der Waals surface area contributed by atoms with Gasteiger partial charge in [0.05, 0.1) is 16.4 Å². The molecule has 2 nitrogen and oxygen atoms in total. The first-order valence-electron chi connectivity index (χ1n) is 6.43. The summed E-state index contributed by atoms with van der Waals surface area (Å²) < 4.78 is 0. The monoisotopic (exact) mass is 252 g/mol. The minimum absolute atomic E-state index is 0.749. The number of nitrogens with zero attached hydrogens (tertiary/aromatic N) is 1. The van der Waals surface area contributed by atoms with Crippen molar-refractivity contribution in [3.8, 4) is 0 Å². The van der Waals surface area contributed by atoms with E-state index in [4.69, 9.17) is 17.3 Å². The van der Waals surface area contributed by atoms with E-state index in [0.29, 0.717) is 0 Å². The molecule has 0 unspecified atom stereocenters. The molecule has 2 rings (SSSR count). The zero-order valence-electron chi connectivity index (χ0n) is 10.5. The average molecular weight is 253 g/mol. The minimum atomic E-state index is 0.749. The van der Waals surface area contributed by atoms with Crippen LogP contribution in [0.4, 0.5) is 11.4 Å². The van der Waals surface area contributed by atoms with Crippen LogP contribution in [0, 0.1) is 5.92 Å². The van der Waals surface area contributed by atoms with E-state index in [1.807, 2.05) is 18.2 Å². The first kappa shape index (κ1) is 12.6. The van der Waals surface area contributed by atoms with E-state index in [-0.39, 0.29) is 0 Å². The highest BCUT2D eigenvalue weighted by atomic mass is 35.5. The van der Waals surface area contributed by atoms with Gasteiger partial charge in [-0.25, -0.2) is 0 Å². The Morgan fingerprint density at radius 1 is 1.35 bits per heavy atom. The fraction of sp³-hybridized carbons (Fsp3) is 0.571. The molecule has 0 bridgehead atoms. The SMILES string of the molecule is CN(CCC1CCCC1)c1c(N)cccc1Cl. The molecule has 1 aliphatic carbocycles. The summed E-state index contributed by atoms with van der Waals surface area (Å²) in [6.07, 6.45) is 6.85. The van der Waals surface area contributed by atoms with Gasteiger partial charge in [0.25, 0.3) is 0 Å². The highest BCUT2D eigenvalue weighted by Crippen LogP contribution is 2.33. The van der Waals surface area contributed by atoms with E-state index < -0.39 is 0 Å². The van der Waals surface area contributed by atoms with Crippen molar-refractivity contribution >= 4 is 23.0 Å². The van der Waals surface area contributed by atoms with E-state index in [1.165, 1.54) is 32.1 Å². The van der Waals surface area contributed by atoms with Crippen molar-refractivity contribution in [2.75, 3.05) is 24.2 Å². The summed E-state index contributed by atoms with van der Waals surface area (Å²) in [5.74, 6) is 0.904. The standard InChI is InChI=1S/C14H21ClN2/c1-17(10-9-11-5-2-3-6-11)14-12(15)7-4-8-13(14)16/h4,7-8,11H,2-3,5-6,9-10,16H2,1H3. The van der Waals surface area contributed by atoms with Crippen LogP contribution >= 0.6 is 11.6 Å². The second kappa shape index (κ2) is 5.63. The van der Waals surface area contributed by atoms with Gasteiger partial charge in [-0.15, -0.1) is 0 Å². The lowest BCUT2D eigenvalue weighted by molar-refractivity contribution is 0.505. The summed E-state index contributed by atoms with van der Waals surface area (Å²) in [4.78, 5) is 2.19. The van der Waals surface area contributed by atoms with Crippen LogP contribution in [0.2, 0.25) is 5.02 Å². The number of nitrogens with two attached hydrogens (primary N) is 1. The van der Waals surface area contributed by atoms with Crippen molar-refractivity contribution in [3.63, 3.8) is 0 Å². The summed E-state index contributed by atoms with van der Waals surface area (Å²) >= 11 is 6.20. The van der Waals surface area contributed by atoms with Crippen LogP contribution in [0.3, 0.4) is 0 Å². The van der Waals surface area contributed by atoms with Gasteiger partial charge in [0, 0.05) is 13.6 Å². The van der Waals surface area contributed by atoms with E-state index in [9.17, 15) is 0 Å². The number of nitrogen functional groups attached to an aromatic ring is 1. The van der Waals surface area contributed by atoms with Crippen molar-refractivity contribution in [2.45, 2.75) is 32.1 Å². The molecular formula is C14H21ClN2. The van der Waals surface area contributed by atoms with Gasteiger partial charge < -0.3 is 10.6 Å². The number of rotatable bonds is 4. The Kier molecular flexibility index (Phi) is 4.16. The third-order valence-electron chi connectivity index (χ3n) is 3.75. The summed E-state index contributed by atoms with van der Waals surface area (Å²) in [7, 11) is 2.08. The molecule has 0 aliphatic heterocycles. The van der Waals surface area contributed by atoms with Crippen LogP contribution in [-0.4, -0.2) is 13.6 Å². The molecular weight excluding hydrogens is 232 g/mol. The van der Waals surface area contributed by atoms with Crippen LogP contribution in [-0.2, 0) is 0 Å². The Morgan fingerprint density at radius 2 is 2.06 bits per heavy atom. The van der Waals surface area contributed by atoms with Crippen molar-refractivity contribution < 1.29 is 0 Å². The molecule has 0 spiro atoms. The van der Waals surface area contributed by atoms with Gasteiger partial charge in [0.2, 0.25) is 0 Å². The van der Waals surface area contributed by atoms with Gasteiger partial charge in [0.1, 0.15) is 0 Å². The highest BCUT2D eigenvalue weighted by Gasteiger charge is 2.16. The van der Waals surface area contributed by atoms with E-state index >= 15 is 0 Å². The maximum absolute atomic E-state index is 6.20. The largest absolute Gasteiger partial charge is 0.397 e. The Hall–Kier alpha value is -0.890. The second-order valence-electron chi connectivity index (χ2n) is 5.04. The normalized spacial score (nSPS) is 16.4. The van der Waals surface area contributed by atoms with Crippen LogP contribution in [0.15, 0.2) is 18.2 Å². The maximum atomic E-state index is 6.20. The van der Waals surface area contributed by atoms with Crippen molar-refractivity contribution in [3.05, 3.63) is 23.2 Å². The van der Waals surface area contributed by atoms with E-state index in [2.05, 4.69) is 11.9 Å². The molecule has 0 saturated heterocycles. The van der Waals surface area contributed by atoms with Crippen LogP contribution < -0.4 is 10.6 Å². The molecule has 0 heterocycles. The first-order valence-corrected chi connectivity index (χ1v) is 6.81. The molecule has 2 N–H and O–H groups in total. The van der Waals surface area contributed by atoms with Gasteiger partial charge >= 0.3 is 0 Å². The summed E-state index contributed by atoms with van der Waals surface area (Å²) in [5.41, 5.74) is 7.73. The van der Waals surface area contributed by atoms with Gasteiger partial charge in [-0.3, -0.25) is 0 Å². The molecule has 1 fully saturated rings. The van der Waals surface area contributed by atoms with Gasteiger partial charge in [-0.05, 0) is 24.5 Å². The second-order valence-corrected chi connectivity index (χ2v) is 5.45. The van der Waals surface area contributed by atoms with Gasteiger partial charge in [0.15, 0.2) is 0 Å². The molecule has 1 aromatic rings. The fourth-order valence-corrected chi connectivity index (χ4v) is 3.05. The molecule has 1 aromatic carbocycles. The Labute approximate surface area is 109 Å². The number of anilines is 2. The van der Waals surface area contributed by atoms with Crippen LogP contribution in [0.25, 0.3) is 0 Å². The molecule has 17 heavy (non-hydrogen) atoms. The highest BCUT2D eigenvalue weighted by molar-refractivity contribution is 6.33. The quantitative estimate of drug-likeness (QED) is 0.823. The fourth-order valence-electron chi connectivity index (χ4n) is 2.72. The first-order chi connectivity index (χ1) is 8.18. The van der Waals surface area contributed by atoms with Crippen molar-refractivity contribution in [1.29, 1.82) is 0 Å². The third-order valence-corrected chi connectivity index (χ3v) is 4.05. The lowest BCUT2D eigenvalue weighted by Crippen LogP contribution is -2.21. The van der Waals surface area contributed by atoms with Gasteiger partial charge in [-0.1, -0.05) is 43.4 Å². The van der Waals surface area contributed by atoms with Crippen molar-refractivity contribution in [2.24, 2.45) is 5.92 Å². The predicted molar refractivity (Wildman–Crippen MR) is 75.7 cm³/mol. The zero-order chi connectivity index (χ0) is 12.3. The molecule has 1 saturated carbocycles. The van der Waals surface area contributed by atoms with Crippen LogP contribution in [0.5, 0.6) is 0 Å². The lowest BCUT2D eigenvalue weighted by atomic mass is 10.0. The Balaban J connectivity index is 1.96. The number of hydrogen-bond donors (Lipinski definition) is 1. The predicted octanol–water partition coefficient (Wildman–Crippen LogP) is 3.94. The number of benzene rings is 1. The summed E-state index contributed by atoms with van der Waals surface area (Å²) in [6.45, 7) is 1.04. The Bertz CT molecular complexity index is 352. The molecule has 94 valence electrons. The van der Waals surface area contributed by atoms with E-state index in [1.54, 1.807) is 0 Å². The van der Waals surface area contributed by atoms with Gasteiger partial charge in [-0.2, -0.15) is 0 Å². The molecule has 0 aromatic heterocycles. The summed E-state index contributed by atoms with van der Waals surface area (Å²) in [6, 6.07) is 5.71. The third kappa shape index (κ3) is 3.06. The average Bonchev–Trinajstić information content (AvgIpc) is 2.79. The topological polar surface area (TPSA) is 29.3 Å². The Morgan fingerprint density at radius 3 is 2.71 bits per heavy atom. The van der Waals surface area contributed by atoms with E-state index in [0.717, 1.165) is 28.9 Å². The smallest absolute Gasteiger partial charge is 0.0786 e. The van der Waals surface area contributed by atoms with Crippen LogP contribution in [0.1, 0.15) is 32.1 Å². The molecule has 3 heteroatoms. The number of para-hydroxylation sites is 1. The number of hydrogen-bond acceptors (Lipinski definition) is 2. The molecule has 0 radical (unpaired) electrons. The maximum Gasteiger partial charge on any atom is 0.0786 e. The lowest BCUT2D eigenvalue weighted by Gasteiger charge is -2.23. The molecule has 1 aliphatic rings. The molecule has 0 atom stereocenters. The molecule has 0 amide bonds. The summed E-state index contributed by atoms with van der Waals surface area (Å²) in [5, 5.41) is 0.749. The van der Waals surface area contributed by atoms with Crippen molar-refractivity contribution in [1.82, 2.24) is 0 Å². The number of halogens is 1.